The summed E-state index contributed by atoms with van der Waals surface area (Å²) in [5, 5.41) is 1.88. The number of hydrogen-bond acceptors (Lipinski definition) is 3. The number of fused-ring (bicyclic) bond motifs is 1. The maximum absolute atomic E-state index is 6.23. The summed E-state index contributed by atoms with van der Waals surface area (Å²) in [5.41, 5.74) is 3.51. The third-order valence-electron chi connectivity index (χ3n) is 3.70. The second-order valence-electron chi connectivity index (χ2n) is 5.41. The number of halogens is 1. The molecule has 0 aliphatic rings. The molecule has 4 heteroatoms. The van der Waals surface area contributed by atoms with Gasteiger partial charge in [-0.3, -0.25) is 0 Å². The first kappa shape index (κ1) is 15.7. The molecule has 0 aliphatic heterocycles. The zero-order valence-electron chi connectivity index (χ0n) is 12.8. The van der Waals surface area contributed by atoms with Gasteiger partial charge in [-0.25, -0.2) is 4.98 Å². The predicted molar refractivity (Wildman–Crippen MR) is 106 cm³/mol. The average molecular weight is 368 g/mol. The van der Waals surface area contributed by atoms with E-state index in [2.05, 4.69) is 48.5 Å². The zero-order valence-corrected chi connectivity index (χ0v) is 15.2. The average Bonchev–Trinajstić information content (AvgIpc) is 3.06. The molecule has 1 aromatic heterocycles. The van der Waals surface area contributed by atoms with Crippen molar-refractivity contribution < 1.29 is 0 Å². The summed E-state index contributed by atoms with van der Waals surface area (Å²) in [6.07, 6.45) is 0. The van der Waals surface area contributed by atoms with Crippen molar-refractivity contribution in [3.8, 4) is 10.6 Å². The summed E-state index contributed by atoms with van der Waals surface area (Å²) in [5.74, 6) is 0.891. The van der Waals surface area contributed by atoms with Gasteiger partial charge < -0.3 is 0 Å². The molecule has 1 nitrogen and oxygen atoms in total. The van der Waals surface area contributed by atoms with Crippen LogP contribution < -0.4 is 0 Å². The van der Waals surface area contributed by atoms with Crippen molar-refractivity contribution >= 4 is 44.9 Å². The molecule has 3 aromatic carbocycles. The van der Waals surface area contributed by atoms with Crippen LogP contribution in [0.1, 0.15) is 5.56 Å². The van der Waals surface area contributed by atoms with Gasteiger partial charge in [-0.1, -0.05) is 54.1 Å². The fraction of sp³-hybridized carbons (Fsp3) is 0.0500. The van der Waals surface area contributed by atoms with E-state index in [1.807, 2.05) is 24.3 Å². The minimum absolute atomic E-state index is 0.810. The van der Waals surface area contributed by atoms with Crippen LogP contribution >= 0.6 is 34.7 Å². The third kappa shape index (κ3) is 3.34. The number of para-hydroxylation sites is 1. The number of thiazole rings is 1. The van der Waals surface area contributed by atoms with Gasteiger partial charge in [0.15, 0.2) is 0 Å². The molecule has 4 rings (SSSR count). The van der Waals surface area contributed by atoms with Crippen LogP contribution in [0.3, 0.4) is 0 Å². The molecule has 1 heterocycles. The first-order valence-electron chi connectivity index (χ1n) is 7.62. The largest absolute Gasteiger partial charge is 0.236 e. The fourth-order valence-electron chi connectivity index (χ4n) is 2.51. The van der Waals surface area contributed by atoms with Gasteiger partial charge in [0.25, 0.3) is 0 Å². The molecule has 0 N–H and O–H groups in total. The Bertz CT molecular complexity index is 961. The van der Waals surface area contributed by atoms with Crippen molar-refractivity contribution in [1.82, 2.24) is 4.98 Å². The molecule has 0 fully saturated rings. The molecule has 0 bridgehead atoms. The predicted octanol–water partition coefficient (Wildman–Crippen LogP) is 6.91. The molecular formula is C20H14ClNS2. The van der Waals surface area contributed by atoms with E-state index in [4.69, 9.17) is 16.6 Å². The highest BCUT2D eigenvalue weighted by atomic mass is 35.5. The Balaban J connectivity index is 1.58. The minimum Gasteiger partial charge on any atom is -0.236 e. The highest BCUT2D eigenvalue weighted by molar-refractivity contribution is 7.98. The van der Waals surface area contributed by atoms with Gasteiger partial charge in [0.05, 0.1) is 15.2 Å². The number of thioether (sulfide) groups is 1. The van der Waals surface area contributed by atoms with Gasteiger partial charge in [0.1, 0.15) is 5.01 Å². The van der Waals surface area contributed by atoms with Crippen LogP contribution in [-0.2, 0) is 5.75 Å². The Morgan fingerprint density at radius 1 is 0.917 bits per heavy atom. The van der Waals surface area contributed by atoms with E-state index in [1.54, 1.807) is 23.1 Å². The second-order valence-corrected chi connectivity index (χ2v) is 7.86. The summed E-state index contributed by atoms with van der Waals surface area (Å²) in [7, 11) is 0. The molecule has 0 unspecified atom stereocenters. The number of rotatable bonds is 4. The normalized spacial score (nSPS) is 11.0. The quantitative estimate of drug-likeness (QED) is 0.363. The fourth-order valence-corrected chi connectivity index (χ4v) is 4.66. The van der Waals surface area contributed by atoms with Gasteiger partial charge in [-0.2, -0.15) is 0 Å². The maximum Gasteiger partial charge on any atom is 0.124 e. The van der Waals surface area contributed by atoms with E-state index in [9.17, 15) is 0 Å². The molecule has 0 spiro atoms. The van der Waals surface area contributed by atoms with Gasteiger partial charge in [0.2, 0.25) is 0 Å². The van der Waals surface area contributed by atoms with Crippen LogP contribution in [0.2, 0.25) is 5.02 Å². The van der Waals surface area contributed by atoms with Gasteiger partial charge in [-0.15, -0.1) is 23.1 Å². The maximum atomic E-state index is 6.23. The number of benzene rings is 3. The highest BCUT2D eigenvalue weighted by Crippen LogP contribution is 2.33. The number of nitrogens with zero attached hydrogens (tertiary/aromatic N) is 1. The topological polar surface area (TPSA) is 12.9 Å². The van der Waals surface area contributed by atoms with Crippen molar-refractivity contribution in [2.75, 3.05) is 0 Å². The van der Waals surface area contributed by atoms with E-state index in [0.717, 1.165) is 26.2 Å². The molecule has 0 atom stereocenters. The summed E-state index contributed by atoms with van der Waals surface area (Å²) in [6, 6.07) is 24.8. The molecule has 0 saturated carbocycles. The first-order chi connectivity index (χ1) is 11.8. The van der Waals surface area contributed by atoms with E-state index in [1.165, 1.54) is 15.8 Å². The van der Waals surface area contributed by atoms with Gasteiger partial charge in [0, 0.05) is 16.2 Å². The van der Waals surface area contributed by atoms with Crippen LogP contribution in [0.5, 0.6) is 0 Å². The van der Waals surface area contributed by atoms with Crippen LogP contribution in [0.15, 0.2) is 77.7 Å². The van der Waals surface area contributed by atoms with E-state index >= 15 is 0 Å². The monoisotopic (exact) mass is 367 g/mol. The van der Waals surface area contributed by atoms with Crippen molar-refractivity contribution in [2.24, 2.45) is 0 Å². The molecule has 0 radical (unpaired) electrons. The van der Waals surface area contributed by atoms with Crippen molar-refractivity contribution in [3.63, 3.8) is 0 Å². The van der Waals surface area contributed by atoms with Crippen LogP contribution in [0.4, 0.5) is 0 Å². The minimum atomic E-state index is 0.810. The standard InChI is InChI=1S/C20H14ClNS2/c21-16-8-1-3-10-18(16)23-13-14-6-5-7-15(12-14)20-22-17-9-2-4-11-19(17)24-20/h1-12H,13H2. The Kier molecular flexibility index (Phi) is 4.56. The number of hydrogen-bond donors (Lipinski definition) is 0. The first-order valence-corrected chi connectivity index (χ1v) is 9.80. The molecule has 4 aromatic rings. The Morgan fingerprint density at radius 2 is 1.75 bits per heavy atom. The Hall–Kier alpha value is -1.81. The van der Waals surface area contributed by atoms with Crippen molar-refractivity contribution in [3.05, 3.63) is 83.4 Å². The molecule has 0 saturated heterocycles. The SMILES string of the molecule is Clc1ccccc1SCc1cccc(-c2nc3ccccc3s2)c1. The smallest absolute Gasteiger partial charge is 0.124 e. The van der Waals surface area contributed by atoms with E-state index in [-0.39, 0.29) is 0 Å². The van der Waals surface area contributed by atoms with E-state index in [0.29, 0.717) is 0 Å². The molecular weight excluding hydrogens is 354 g/mol. The molecule has 0 amide bonds. The Morgan fingerprint density at radius 3 is 2.62 bits per heavy atom. The van der Waals surface area contributed by atoms with Crippen molar-refractivity contribution in [1.29, 1.82) is 0 Å². The summed E-state index contributed by atoms with van der Waals surface area (Å²) in [4.78, 5) is 5.86. The highest BCUT2D eigenvalue weighted by Gasteiger charge is 2.07. The van der Waals surface area contributed by atoms with Crippen LogP contribution in [0.25, 0.3) is 20.8 Å². The van der Waals surface area contributed by atoms with Gasteiger partial charge >= 0.3 is 0 Å². The van der Waals surface area contributed by atoms with E-state index < -0.39 is 0 Å². The lowest BCUT2D eigenvalue weighted by Crippen LogP contribution is -1.83. The van der Waals surface area contributed by atoms with Gasteiger partial charge in [-0.05, 0) is 35.9 Å². The molecule has 118 valence electrons. The van der Waals surface area contributed by atoms with Crippen LogP contribution in [-0.4, -0.2) is 4.98 Å². The van der Waals surface area contributed by atoms with Crippen LogP contribution in [0, 0.1) is 0 Å². The summed E-state index contributed by atoms with van der Waals surface area (Å²) < 4.78 is 1.23. The molecule has 24 heavy (non-hydrogen) atoms. The third-order valence-corrected chi connectivity index (χ3v) is 6.37. The van der Waals surface area contributed by atoms with Crippen molar-refractivity contribution in [2.45, 2.75) is 10.6 Å². The molecule has 0 aliphatic carbocycles. The summed E-state index contributed by atoms with van der Waals surface area (Å²) in [6.45, 7) is 0. The number of aromatic nitrogens is 1. The lowest BCUT2D eigenvalue weighted by Gasteiger charge is -2.05. The lowest BCUT2D eigenvalue weighted by atomic mass is 10.1. The second kappa shape index (κ2) is 6.98. The summed E-state index contributed by atoms with van der Waals surface area (Å²) >= 11 is 9.73. The lowest BCUT2D eigenvalue weighted by molar-refractivity contribution is 1.37. The zero-order chi connectivity index (χ0) is 16.4. The Labute approximate surface area is 154 Å².